The molecule has 0 bridgehead atoms. The SMILES string of the molecule is CCN1CC(=C(c2ccccc2)N(CC)CC)CC(=C(c2ccccc2)N(CC)CC)C1. The van der Waals surface area contributed by atoms with Gasteiger partial charge in [-0.25, -0.2) is 0 Å². The Morgan fingerprint density at radius 2 is 1.00 bits per heavy atom. The Labute approximate surface area is 196 Å². The van der Waals surface area contributed by atoms with Crippen molar-refractivity contribution in [2.24, 2.45) is 0 Å². The molecule has 0 N–H and O–H groups in total. The Bertz CT molecular complexity index is 817. The van der Waals surface area contributed by atoms with Crippen LogP contribution < -0.4 is 0 Å². The fourth-order valence-electron chi connectivity index (χ4n) is 5.00. The van der Waals surface area contributed by atoms with Crippen molar-refractivity contribution in [2.75, 3.05) is 45.8 Å². The number of piperidine rings is 1. The molecule has 3 nitrogen and oxygen atoms in total. The third kappa shape index (κ3) is 5.45. The molecule has 0 aromatic heterocycles. The first-order chi connectivity index (χ1) is 15.7. The van der Waals surface area contributed by atoms with Crippen LogP contribution in [0.25, 0.3) is 11.4 Å². The summed E-state index contributed by atoms with van der Waals surface area (Å²) in [7, 11) is 0. The van der Waals surface area contributed by atoms with Crippen molar-refractivity contribution < 1.29 is 0 Å². The second-order valence-electron chi connectivity index (χ2n) is 8.46. The van der Waals surface area contributed by atoms with E-state index in [0.717, 1.165) is 52.2 Å². The minimum atomic E-state index is 1.02. The standard InChI is InChI=1S/C29H41N3/c1-6-30-22-26(28(31(7-2)8-3)24-17-13-11-14-18-24)21-27(23-30)29(32(9-4)10-5)25-19-15-12-16-20-25/h11-20H,6-10,21-23H2,1-5H3. The van der Waals surface area contributed by atoms with E-state index in [9.17, 15) is 0 Å². The lowest BCUT2D eigenvalue weighted by atomic mass is 9.91. The molecule has 1 aliphatic heterocycles. The van der Waals surface area contributed by atoms with Crippen molar-refractivity contribution in [3.8, 4) is 0 Å². The Morgan fingerprint density at radius 3 is 1.31 bits per heavy atom. The molecule has 0 amide bonds. The van der Waals surface area contributed by atoms with E-state index in [1.807, 2.05) is 0 Å². The largest absolute Gasteiger partial charge is 0.372 e. The molecule has 0 radical (unpaired) electrons. The van der Waals surface area contributed by atoms with Gasteiger partial charge in [-0.2, -0.15) is 0 Å². The van der Waals surface area contributed by atoms with Crippen LogP contribution in [0, 0.1) is 0 Å². The van der Waals surface area contributed by atoms with Crippen LogP contribution in [0.2, 0.25) is 0 Å². The predicted octanol–water partition coefficient (Wildman–Crippen LogP) is 6.22. The number of hydrogen-bond acceptors (Lipinski definition) is 3. The third-order valence-corrected chi connectivity index (χ3v) is 6.63. The van der Waals surface area contributed by atoms with Crippen LogP contribution in [0.1, 0.15) is 52.2 Å². The van der Waals surface area contributed by atoms with Crippen molar-refractivity contribution in [3.05, 3.63) is 82.9 Å². The molecule has 1 aliphatic rings. The van der Waals surface area contributed by atoms with Crippen molar-refractivity contribution in [3.63, 3.8) is 0 Å². The van der Waals surface area contributed by atoms with Crippen LogP contribution in [0.3, 0.4) is 0 Å². The molecular weight excluding hydrogens is 390 g/mol. The van der Waals surface area contributed by atoms with E-state index >= 15 is 0 Å². The van der Waals surface area contributed by atoms with Crippen molar-refractivity contribution in [1.29, 1.82) is 0 Å². The highest BCUT2D eigenvalue weighted by atomic mass is 15.2. The van der Waals surface area contributed by atoms with Crippen LogP contribution in [0.5, 0.6) is 0 Å². The fourth-order valence-corrected chi connectivity index (χ4v) is 5.00. The first kappa shape index (κ1) is 24.1. The first-order valence-corrected chi connectivity index (χ1v) is 12.4. The quantitative estimate of drug-likeness (QED) is 0.467. The lowest BCUT2D eigenvalue weighted by molar-refractivity contribution is 0.309. The highest BCUT2D eigenvalue weighted by Crippen LogP contribution is 2.35. The zero-order chi connectivity index (χ0) is 22.9. The summed E-state index contributed by atoms with van der Waals surface area (Å²) < 4.78 is 0. The normalized spacial score (nSPS) is 17.8. The summed E-state index contributed by atoms with van der Waals surface area (Å²) in [5.74, 6) is 0. The number of hydrogen-bond donors (Lipinski definition) is 0. The van der Waals surface area contributed by atoms with Gasteiger partial charge in [-0.1, -0.05) is 67.6 Å². The summed E-state index contributed by atoms with van der Waals surface area (Å²) in [5, 5.41) is 0. The van der Waals surface area contributed by atoms with Gasteiger partial charge in [0.1, 0.15) is 0 Å². The maximum atomic E-state index is 2.60. The molecule has 1 saturated heterocycles. The van der Waals surface area contributed by atoms with Crippen molar-refractivity contribution in [1.82, 2.24) is 14.7 Å². The summed E-state index contributed by atoms with van der Waals surface area (Å²) in [4.78, 5) is 7.69. The maximum Gasteiger partial charge on any atom is 0.0447 e. The molecule has 0 unspecified atom stereocenters. The molecule has 2 aromatic carbocycles. The van der Waals surface area contributed by atoms with Gasteiger partial charge >= 0.3 is 0 Å². The maximum absolute atomic E-state index is 2.60. The summed E-state index contributed by atoms with van der Waals surface area (Å²) in [6, 6.07) is 22.0. The molecule has 0 saturated carbocycles. The van der Waals surface area contributed by atoms with Crippen LogP contribution in [-0.4, -0.2) is 60.5 Å². The lowest BCUT2D eigenvalue weighted by Crippen LogP contribution is -2.37. The molecule has 3 heteroatoms. The molecule has 3 rings (SSSR count). The van der Waals surface area contributed by atoms with Gasteiger partial charge in [0.05, 0.1) is 0 Å². The van der Waals surface area contributed by atoms with Gasteiger partial charge in [-0.05, 0) is 62.9 Å². The molecule has 0 spiro atoms. The summed E-state index contributed by atoms with van der Waals surface area (Å²) in [6.45, 7) is 18.6. The average molecular weight is 432 g/mol. The number of likely N-dealkylation sites (tertiary alicyclic amines) is 1. The molecule has 1 heterocycles. The number of rotatable bonds is 9. The molecule has 0 aliphatic carbocycles. The topological polar surface area (TPSA) is 9.72 Å². The van der Waals surface area contributed by atoms with Crippen molar-refractivity contribution in [2.45, 2.75) is 41.0 Å². The van der Waals surface area contributed by atoms with E-state index < -0.39 is 0 Å². The van der Waals surface area contributed by atoms with Gasteiger partial charge in [0.15, 0.2) is 0 Å². The Balaban J connectivity index is 2.21. The summed E-state index contributed by atoms with van der Waals surface area (Å²) in [6.07, 6.45) is 1.04. The highest BCUT2D eigenvalue weighted by Gasteiger charge is 2.26. The van der Waals surface area contributed by atoms with Gasteiger partial charge in [-0.15, -0.1) is 0 Å². The zero-order valence-electron chi connectivity index (χ0n) is 20.8. The van der Waals surface area contributed by atoms with Crippen LogP contribution in [0.15, 0.2) is 71.8 Å². The van der Waals surface area contributed by atoms with E-state index in [0.29, 0.717) is 0 Å². The van der Waals surface area contributed by atoms with E-state index in [2.05, 4.69) is 110 Å². The van der Waals surface area contributed by atoms with Crippen LogP contribution in [-0.2, 0) is 0 Å². The van der Waals surface area contributed by atoms with Crippen LogP contribution >= 0.6 is 0 Å². The summed E-state index contributed by atoms with van der Waals surface area (Å²) in [5.41, 5.74) is 8.63. The number of benzene rings is 2. The summed E-state index contributed by atoms with van der Waals surface area (Å²) >= 11 is 0. The minimum absolute atomic E-state index is 1.02. The average Bonchev–Trinajstić information content (AvgIpc) is 2.86. The predicted molar refractivity (Wildman–Crippen MR) is 139 cm³/mol. The van der Waals surface area contributed by atoms with Crippen LogP contribution in [0.4, 0.5) is 0 Å². The van der Waals surface area contributed by atoms with Gasteiger partial charge in [-0.3, -0.25) is 4.90 Å². The van der Waals surface area contributed by atoms with Gasteiger partial charge in [0.25, 0.3) is 0 Å². The zero-order valence-corrected chi connectivity index (χ0v) is 20.8. The van der Waals surface area contributed by atoms with Gasteiger partial charge in [0, 0.05) is 50.7 Å². The molecule has 2 aromatic rings. The van der Waals surface area contributed by atoms with Gasteiger partial charge < -0.3 is 9.80 Å². The first-order valence-electron chi connectivity index (χ1n) is 12.4. The molecule has 0 atom stereocenters. The molecular formula is C29H41N3. The van der Waals surface area contributed by atoms with Crippen molar-refractivity contribution >= 4 is 11.4 Å². The van der Waals surface area contributed by atoms with E-state index in [4.69, 9.17) is 0 Å². The molecule has 1 fully saturated rings. The Kier molecular flexibility index (Phi) is 8.99. The Morgan fingerprint density at radius 1 is 0.625 bits per heavy atom. The number of likely N-dealkylation sites (N-methyl/N-ethyl adjacent to an activating group) is 1. The van der Waals surface area contributed by atoms with E-state index in [-0.39, 0.29) is 0 Å². The lowest BCUT2D eigenvalue weighted by Gasteiger charge is -2.38. The smallest absolute Gasteiger partial charge is 0.0447 e. The molecule has 172 valence electrons. The fraction of sp³-hybridized carbons (Fsp3) is 0.448. The Hall–Kier alpha value is -2.52. The number of nitrogens with zero attached hydrogens (tertiary/aromatic N) is 3. The third-order valence-electron chi connectivity index (χ3n) is 6.63. The second kappa shape index (κ2) is 11.9. The van der Waals surface area contributed by atoms with E-state index in [1.165, 1.54) is 22.5 Å². The van der Waals surface area contributed by atoms with E-state index in [1.54, 1.807) is 11.1 Å². The monoisotopic (exact) mass is 431 g/mol. The minimum Gasteiger partial charge on any atom is -0.372 e. The molecule has 32 heavy (non-hydrogen) atoms. The highest BCUT2D eigenvalue weighted by molar-refractivity contribution is 5.72. The second-order valence-corrected chi connectivity index (χ2v) is 8.46. The van der Waals surface area contributed by atoms with Gasteiger partial charge in [0.2, 0.25) is 0 Å².